The molecular weight excluding hydrogens is 230 g/mol. The van der Waals surface area contributed by atoms with Crippen LogP contribution in [0.2, 0.25) is 0 Å². The van der Waals surface area contributed by atoms with Crippen LogP contribution in [0.25, 0.3) is 10.9 Å². The second-order valence-electron chi connectivity index (χ2n) is 3.01. The van der Waals surface area contributed by atoms with Gasteiger partial charge in [-0.1, -0.05) is 12.1 Å². The average molecular weight is 240 g/mol. The molecular formula is C9H10ClN5O. The summed E-state index contributed by atoms with van der Waals surface area (Å²) in [6.07, 6.45) is 0. The Morgan fingerprint density at radius 3 is 2.62 bits per heavy atom. The van der Waals surface area contributed by atoms with Crippen LogP contribution in [0.3, 0.4) is 0 Å². The molecule has 0 saturated carbocycles. The van der Waals surface area contributed by atoms with Crippen LogP contribution in [0.5, 0.6) is 0 Å². The van der Waals surface area contributed by atoms with Gasteiger partial charge in [0, 0.05) is 0 Å². The van der Waals surface area contributed by atoms with Gasteiger partial charge in [0.25, 0.3) is 5.56 Å². The van der Waals surface area contributed by atoms with E-state index in [-0.39, 0.29) is 18.4 Å². The van der Waals surface area contributed by atoms with Crippen molar-refractivity contribution in [2.45, 2.75) is 0 Å². The molecule has 0 aliphatic carbocycles. The third-order valence-corrected chi connectivity index (χ3v) is 2.04. The molecule has 5 N–H and O–H groups in total. The Hall–Kier alpha value is -2.08. The van der Waals surface area contributed by atoms with Crippen LogP contribution in [-0.4, -0.2) is 15.5 Å². The highest BCUT2D eigenvalue weighted by molar-refractivity contribution is 5.86. The maximum atomic E-state index is 11.8. The summed E-state index contributed by atoms with van der Waals surface area (Å²) in [5.41, 5.74) is 10.8. The number of benzene rings is 1. The lowest BCUT2D eigenvalue weighted by molar-refractivity contribution is 1.01. The molecule has 2 rings (SSSR count). The number of hydrogen-bond donors (Lipinski definition) is 3. The molecule has 16 heavy (non-hydrogen) atoms. The summed E-state index contributed by atoms with van der Waals surface area (Å²) < 4.78 is 0.863. The first kappa shape index (κ1) is 12.0. The Bertz CT molecular complexity index is 606. The van der Waals surface area contributed by atoms with Gasteiger partial charge in [-0.2, -0.15) is 0 Å². The number of halogens is 1. The van der Waals surface area contributed by atoms with Crippen molar-refractivity contribution in [2.24, 2.45) is 5.73 Å². The minimum atomic E-state index is -0.434. The Morgan fingerprint density at radius 1 is 1.38 bits per heavy atom. The fourth-order valence-electron chi connectivity index (χ4n) is 1.38. The maximum absolute atomic E-state index is 11.8. The van der Waals surface area contributed by atoms with Crippen molar-refractivity contribution in [3.05, 3.63) is 34.6 Å². The highest BCUT2D eigenvalue weighted by Gasteiger charge is 2.09. The summed E-state index contributed by atoms with van der Waals surface area (Å²) in [6.45, 7) is 0. The second kappa shape index (κ2) is 4.19. The first-order chi connectivity index (χ1) is 7.11. The van der Waals surface area contributed by atoms with Gasteiger partial charge < -0.3 is 11.5 Å². The van der Waals surface area contributed by atoms with Gasteiger partial charge in [-0.15, -0.1) is 12.4 Å². The Labute approximate surface area is 96.8 Å². The standard InChI is InChI=1S/C9H9N5O.ClH/c10-8(11)14-7(15)5-3-1-2-4-6(5)13-9(14)12;/h1-4H,(H3,10,11)(H2,12,13);1H. The SMILES string of the molecule is Cl.N=C(N)n1c(N)nc2ccccc2c1=O. The molecule has 0 radical (unpaired) electrons. The first-order valence-electron chi connectivity index (χ1n) is 4.23. The molecule has 1 heterocycles. The number of hydrogen-bond acceptors (Lipinski definition) is 4. The highest BCUT2D eigenvalue weighted by Crippen LogP contribution is 2.07. The van der Waals surface area contributed by atoms with Crippen LogP contribution in [0, 0.1) is 5.41 Å². The number of nitrogens with one attached hydrogen (secondary N) is 1. The molecule has 0 atom stereocenters. The van der Waals surface area contributed by atoms with Crippen LogP contribution < -0.4 is 17.0 Å². The van der Waals surface area contributed by atoms with Crippen LogP contribution in [-0.2, 0) is 0 Å². The molecule has 0 bridgehead atoms. The summed E-state index contributed by atoms with van der Waals surface area (Å²) in [6, 6.07) is 6.76. The van der Waals surface area contributed by atoms with Crippen molar-refractivity contribution in [3.63, 3.8) is 0 Å². The molecule has 0 aliphatic heterocycles. The monoisotopic (exact) mass is 239 g/mol. The highest BCUT2D eigenvalue weighted by atomic mass is 35.5. The smallest absolute Gasteiger partial charge is 0.269 e. The molecule has 1 aromatic carbocycles. The number of nitrogens with two attached hydrogens (primary N) is 2. The van der Waals surface area contributed by atoms with Crippen molar-refractivity contribution < 1.29 is 0 Å². The molecule has 1 aromatic heterocycles. The zero-order valence-corrected chi connectivity index (χ0v) is 8.99. The molecule has 0 fully saturated rings. The van der Waals surface area contributed by atoms with E-state index in [1.807, 2.05) is 0 Å². The topological polar surface area (TPSA) is 111 Å². The largest absolute Gasteiger partial charge is 0.369 e. The Kier molecular flexibility index (Phi) is 3.14. The van der Waals surface area contributed by atoms with Crippen molar-refractivity contribution in [3.8, 4) is 0 Å². The predicted molar refractivity (Wildman–Crippen MR) is 65.0 cm³/mol. The predicted octanol–water partition coefficient (Wildman–Crippen LogP) is 0.142. The number of para-hydroxylation sites is 1. The van der Waals surface area contributed by atoms with Crippen molar-refractivity contribution in [2.75, 3.05) is 5.73 Å². The third-order valence-electron chi connectivity index (χ3n) is 2.04. The molecule has 0 saturated heterocycles. The van der Waals surface area contributed by atoms with Gasteiger partial charge in [-0.3, -0.25) is 10.2 Å². The van der Waals surface area contributed by atoms with Crippen LogP contribution in [0.15, 0.2) is 29.1 Å². The van der Waals surface area contributed by atoms with Crippen LogP contribution in [0.4, 0.5) is 5.95 Å². The number of fused-ring (bicyclic) bond motifs is 1. The summed E-state index contributed by atoms with van der Waals surface area (Å²) >= 11 is 0. The number of anilines is 1. The molecule has 84 valence electrons. The summed E-state index contributed by atoms with van der Waals surface area (Å²) in [7, 11) is 0. The quantitative estimate of drug-likeness (QED) is 0.449. The van der Waals surface area contributed by atoms with E-state index in [9.17, 15) is 4.79 Å². The van der Waals surface area contributed by atoms with E-state index in [2.05, 4.69) is 4.98 Å². The molecule has 7 heteroatoms. The van der Waals surface area contributed by atoms with Gasteiger partial charge in [0.1, 0.15) is 0 Å². The van der Waals surface area contributed by atoms with E-state index in [0.717, 1.165) is 4.57 Å². The van der Waals surface area contributed by atoms with Gasteiger partial charge in [0.15, 0.2) is 0 Å². The lowest BCUT2D eigenvalue weighted by Crippen LogP contribution is -2.34. The van der Waals surface area contributed by atoms with Crippen molar-refractivity contribution in [1.82, 2.24) is 9.55 Å². The van der Waals surface area contributed by atoms with E-state index in [1.165, 1.54) is 0 Å². The number of rotatable bonds is 0. The lowest BCUT2D eigenvalue weighted by atomic mass is 10.2. The zero-order chi connectivity index (χ0) is 11.0. The zero-order valence-electron chi connectivity index (χ0n) is 8.18. The van der Waals surface area contributed by atoms with E-state index in [0.29, 0.717) is 10.9 Å². The minimum Gasteiger partial charge on any atom is -0.369 e. The van der Waals surface area contributed by atoms with E-state index < -0.39 is 11.5 Å². The number of nitrogens with zero attached hydrogens (tertiary/aromatic N) is 2. The van der Waals surface area contributed by atoms with Gasteiger partial charge in [-0.25, -0.2) is 9.55 Å². The van der Waals surface area contributed by atoms with Crippen molar-refractivity contribution >= 4 is 35.2 Å². The fraction of sp³-hybridized carbons (Fsp3) is 0. The van der Waals surface area contributed by atoms with Crippen LogP contribution in [0.1, 0.15) is 0 Å². The van der Waals surface area contributed by atoms with E-state index in [1.54, 1.807) is 24.3 Å². The number of aromatic nitrogens is 2. The molecule has 0 spiro atoms. The fourth-order valence-corrected chi connectivity index (χ4v) is 1.38. The average Bonchev–Trinajstić information content (AvgIpc) is 2.17. The Balaban J connectivity index is 0.00000128. The number of nitrogen functional groups attached to an aromatic ring is 2. The van der Waals surface area contributed by atoms with Gasteiger partial charge in [0.05, 0.1) is 10.9 Å². The summed E-state index contributed by atoms with van der Waals surface area (Å²) in [4.78, 5) is 15.8. The third kappa shape index (κ3) is 1.70. The molecule has 0 amide bonds. The summed E-state index contributed by atoms with van der Waals surface area (Å²) in [5, 5.41) is 7.60. The summed E-state index contributed by atoms with van der Waals surface area (Å²) in [5.74, 6) is -0.512. The normalized spacial score (nSPS) is 9.75. The maximum Gasteiger partial charge on any atom is 0.269 e. The lowest BCUT2D eigenvalue weighted by Gasteiger charge is -2.07. The molecule has 0 unspecified atom stereocenters. The van der Waals surface area contributed by atoms with E-state index >= 15 is 0 Å². The Morgan fingerprint density at radius 2 is 2.00 bits per heavy atom. The molecule has 2 aromatic rings. The second-order valence-corrected chi connectivity index (χ2v) is 3.01. The van der Waals surface area contributed by atoms with Crippen molar-refractivity contribution in [1.29, 1.82) is 5.41 Å². The van der Waals surface area contributed by atoms with Crippen LogP contribution >= 0.6 is 12.4 Å². The van der Waals surface area contributed by atoms with Gasteiger partial charge in [-0.05, 0) is 12.1 Å². The minimum absolute atomic E-state index is 0. The van der Waals surface area contributed by atoms with Gasteiger partial charge in [0.2, 0.25) is 11.9 Å². The van der Waals surface area contributed by atoms with Gasteiger partial charge >= 0.3 is 0 Å². The van der Waals surface area contributed by atoms with E-state index in [4.69, 9.17) is 16.9 Å². The molecule has 0 aliphatic rings. The molecule has 6 nitrogen and oxygen atoms in total. The first-order valence-corrected chi connectivity index (χ1v) is 4.23.